The Morgan fingerprint density at radius 3 is 2.67 bits per heavy atom. The van der Waals surface area contributed by atoms with E-state index in [1.54, 1.807) is 12.3 Å². The lowest BCUT2D eigenvalue weighted by molar-refractivity contribution is 1.10. The Kier molecular flexibility index (Phi) is 3.47. The minimum atomic E-state index is 0.249. The number of aromatic nitrogens is 3. The van der Waals surface area contributed by atoms with Gasteiger partial charge < -0.3 is 11.1 Å². The molecule has 0 amide bonds. The van der Waals surface area contributed by atoms with E-state index in [2.05, 4.69) is 20.3 Å². The van der Waals surface area contributed by atoms with Crippen molar-refractivity contribution >= 4 is 28.8 Å². The van der Waals surface area contributed by atoms with Crippen molar-refractivity contribution in [2.45, 2.75) is 13.8 Å². The number of hydrogen-bond donors (Lipinski definition) is 2. The lowest BCUT2D eigenvalue weighted by Crippen LogP contribution is -2.13. The third-order valence-electron chi connectivity index (χ3n) is 2.38. The zero-order valence-electron chi connectivity index (χ0n) is 10.1. The molecule has 0 unspecified atom stereocenters. The minimum Gasteiger partial charge on any atom is -0.388 e. The van der Waals surface area contributed by atoms with Crippen LogP contribution in [0.1, 0.15) is 17.1 Å². The topological polar surface area (TPSA) is 76.7 Å². The first kappa shape index (κ1) is 12.4. The molecule has 0 atom stereocenters. The molecule has 0 spiro atoms. The Balaban J connectivity index is 2.28. The fraction of sp³-hybridized carbons (Fsp3) is 0.167. The van der Waals surface area contributed by atoms with E-state index in [1.165, 1.54) is 0 Å². The summed E-state index contributed by atoms with van der Waals surface area (Å²) in [6, 6.07) is 5.54. The van der Waals surface area contributed by atoms with Crippen molar-refractivity contribution in [2.24, 2.45) is 5.73 Å². The first-order valence-corrected chi connectivity index (χ1v) is 5.81. The van der Waals surface area contributed by atoms with E-state index in [4.69, 9.17) is 18.0 Å². The number of rotatable bonds is 3. The quantitative estimate of drug-likeness (QED) is 0.819. The van der Waals surface area contributed by atoms with Crippen LogP contribution >= 0.6 is 12.2 Å². The van der Waals surface area contributed by atoms with Crippen molar-refractivity contribution in [1.82, 2.24) is 15.0 Å². The predicted molar refractivity (Wildman–Crippen MR) is 74.9 cm³/mol. The monoisotopic (exact) mass is 259 g/mol. The van der Waals surface area contributed by atoms with Crippen LogP contribution in [0.4, 0.5) is 11.6 Å². The van der Waals surface area contributed by atoms with E-state index in [-0.39, 0.29) is 4.99 Å². The summed E-state index contributed by atoms with van der Waals surface area (Å²) in [4.78, 5) is 12.9. The van der Waals surface area contributed by atoms with E-state index >= 15 is 0 Å². The summed E-state index contributed by atoms with van der Waals surface area (Å²) in [5, 5.41) is 3.09. The van der Waals surface area contributed by atoms with Crippen LogP contribution in [0.2, 0.25) is 0 Å². The van der Waals surface area contributed by atoms with Gasteiger partial charge in [0, 0.05) is 11.9 Å². The van der Waals surface area contributed by atoms with Crippen LogP contribution in [0.5, 0.6) is 0 Å². The van der Waals surface area contributed by atoms with Gasteiger partial charge in [0.25, 0.3) is 0 Å². The van der Waals surface area contributed by atoms with Crippen molar-refractivity contribution in [1.29, 1.82) is 0 Å². The molecule has 18 heavy (non-hydrogen) atoms. The van der Waals surface area contributed by atoms with Crippen LogP contribution in [-0.2, 0) is 0 Å². The average Bonchev–Trinajstić information content (AvgIpc) is 2.33. The third kappa shape index (κ3) is 2.78. The third-order valence-corrected chi connectivity index (χ3v) is 2.59. The molecular formula is C12H13N5S. The van der Waals surface area contributed by atoms with Crippen LogP contribution in [0, 0.1) is 13.8 Å². The van der Waals surface area contributed by atoms with Gasteiger partial charge in [0.15, 0.2) is 0 Å². The van der Waals surface area contributed by atoms with E-state index < -0.39 is 0 Å². The fourth-order valence-corrected chi connectivity index (χ4v) is 1.61. The summed E-state index contributed by atoms with van der Waals surface area (Å²) >= 11 is 4.88. The highest BCUT2D eigenvalue weighted by molar-refractivity contribution is 7.80. The number of nitrogens with two attached hydrogens (primary N) is 1. The Morgan fingerprint density at radius 2 is 2.00 bits per heavy atom. The lowest BCUT2D eigenvalue weighted by atomic mass is 10.3. The van der Waals surface area contributed by atoms with Crippen LogP contribution < -0.4 is 11.1 Å². The second kappa shape index (κ2) is 5.05. The first-order chi connectivity index (χ1) is 8.56. The maximum absolute atomic E-state index is 5.53. The molecule has 0 bridgehead atoms. The number of aryl methyl sites for hydroxylation is 2. The zero-order valence-corrected chi connectivity index (χ0v) is 11.0. The number of anilines is 2. The zero-order chi connectivity index (χ0) is 13.1. The van der Waals surface area contributed by atoms with Gasteiger partial charge in [-0.2, -0.15) is 0 Å². The smallest absolute Gasteiger partial charge is 0.227 e. The SMILES string of the molecule is Cc1ccc(Nc2nccc(C(N)=S)n2)c(C)n1. The van der Waals surface area contributed by atoms with Crippen LogP contribution in [0.25, 0.3) is 0 Å². The Morgan fingerprint density at radius 1 is 1.22 bits per heavy atom. The molecule has 0 aliphatic heterocycles. The molecule has 2 heterocycles. The van der Waals surface area contributed by atoms with Gasteiger partial charge in [-0.3, -0.25) is 4.98 Å². The van der Waals surface area contributed by atoms with Crippen LogP contribution in [0.3, 0.4) is 0 Å². The molecule has 0 saturated heterocycles. The van der Waals surface area contributed by atoms with Crippen molar-refractivity contribution in [2.75, 3.05) is 5.32 Å². The van der Waals surface area contributed by atoms with Crippen LogP contribution in [0.15, 0.2) is 24.4 Å². The summed E-state index contributed by atoms with van der Waals surface area (Å²) in [6.45, 7) is 3.87. The number of nitrogens with zero attached hydrogens (tertiary/aromatic N) is 3. The normalized spacial score (nSPS) is 10.1. The number of pyridine rings is 1. The lowest BCUT2D eigenvalue weighted by Gasteiger charge is -2.08. The van der Waals surface area contributed by atoms with Gasteiger partial charge in [0.05, 0.1) is 11.4 Å². The van der Waals surface area contributed by atoms with Crippen LogP contribution in [-0.4, -0.2) is 19.9 Å². The molecular weight excluding hydrogens is 246 g/mol. The Hall–Kier alpha value is -2.08. The highest BCUT2D eigenvalue weighted by Crippen LogP contribution is 2.16. The van der Waals surface area contributed by atoms with Gasteiger partial charge >= 0.3 is 0 Å². The van der Waals surface area contributed by atoms with Gasteiger partial charge in [-0.15, -0.1) is 0 Å². The Bertz CT molecular complexity index is 597. The second-order valence-electron chi connectivity index (χ2n) is 3.84. The maximum Gasteiger partial charge on any atom is 0.227 e. The molecule has 0 saturated carbocycles. The molecule has 3 N–H and O–H groups in total. The molecule has 5 nitrogen and oxygen atoms in total. The highest BCUT2D eigenvalue weighted by atomic mass is 32.1. The van der Waals surface area contributed by atoms with Crippen molar-refractivity contribution in [3.05, 3.63) is 41.5 Å². The fourth-order valence-electron chi connectivity index (χ4n) is 1.50. The molecule has 0 fully saturated rings. The second-order valence-corrected chi connectivity index (χ2v) is 4.28. The standard InChI is InChI=1S/C12H13N5S/c1-7-3-4-9(8(2)15-7)16-12-14-6-5-10(17-12)11(13)18/h3-6H,1-2H3,(H2,13,18)(H,14,16,17). The number of nitrogens with one attached hydrogen (secondary N) is 1. The number of hydrogen-bond acceptors (Lipinski definition) is 5. The molecule has 0 aliphatic carbocycles. The maximum atomic E-state index is 5.53. The molecule has 2 aromatic heterocycles. The molecule has 6 heteroatoms. The van der Waals surface area contributed by atoms with E-state index in [0.717, 1.165) is 17.1 Å². The summed E-state index contributed by atoms with van der Waals surface area (Å²) in [7, 11) is 0. The average molecular weight is 259 g/mol. The van der Waals surface area contributed by atoms with E-state index in [9.17, 15) is 0 Å². The van der Waals surface area contributed by atoms with E-state index in [1.807, 2.05) is 26.0 Å². The predicted octanol–water partition coefficient (Wildman–Crippen LogP) is 1.87. The minimum absolute atomic E-state index is 0.249. The number of thiocarbonyl (C=S) groups is 1. The largest absolute Gasteiger partial charge is 0.388 e. The molecule has 2 aromatic rings. The molecule has 0 aliphatic rings. The van der Waals surface area contributed by atoms with Gasteiger partial charge in [-0.1, -0.05) is 12.2 Å². The summed E-state index contributed by atoms with van der Waals surface area (Å²) in [6.07, 6.45) is 1.61. The van der Waals surface area contributed by atoms with Gasteiger partial charge in [0.2, 0.25) is 5.95 Å². The van der Waals surface area contributed by atoms with E-state index in [0.29, 0.717) is 11.6 Å². The van der Waals surface area contributed by atoms with Gasteiger partial charge in [-0.25, -0.2) is 9.97 Å². The molecule has 0 aromatic carbocycles. The molecule has 0 radical (unpaired) electrons. The van der Waals surface area contributed by atoms with Gasteiger partial charge in [-0.05, 0) is 32.0 Å². The van der Waals surface area contributed by atoms with Crippen molar-refractivity contribution in [3.8, 4) is 0 Å². The molecule has 2 rings (SSSR count). The summed E-state index contributed by atoms with van der Waals surface area (Å²) in [5.74, 6) is 0.453. The molecule has 92 valence electrons. The summed E-state index contributed by atoms with van der Waals surface area (Å²) < 4.78 is 0. The Labute approximate surface area is 110 Å². The van der Waals surface area contributed by atoms with Gasteiger partial charge in [0.1, 0.15) is 10.7 Å². The van der Waals surface area contributed by atoms with Crippen molar-refractivity contribution in [3.63, 3.8) is 0 Å². The summed E-state index contributed by atoms with van der Waals surface area (Å²) in [5.41, 5.74) is 8.79. The van der Waals surface area contributed by atoms with Crippen molar-refractivity contribution < 1.29 is 0 Å². The first-order valence-electron chi connectivity index (χ1n) is 5.40. The highest BCUT2D eigenvalue weighted by Gasteiger charge is 2.04.